The van der Waals surface area contributed by atoms with Crippen molar-refractivity contribution in [3.63, 3.8) is 0 Å². The van der Waals surface area contributed by atoms with Gasteiger partial charge < -0.3 is 9.84 Å². The molecule has 0 aromatic carbocycles. The quantitative estimate of drug-likeness (QED) is 0.446. The summed E-state index contributed by atoms with van der Waals surface area (Å²) in [4.78, 5) is 9.98. The molecule has 0 aromatic heterocycles. The number of carbonyl (C=O) groups is 1. The predicted molar refractivity (Wildman–Crippen MR) is 44.1 cm³/mol. The Hall–Kier alpha value is -0.660. The number of carboxylic acid groups (broad SMARTS) is 1. The molecule has 0 spiro atoms. The van der Waals surface area contributed by atoms with Crippen LogP contribution >= 0.6 is 0 Å². The topological polar surface area (TPSA) is 101 Å². The molecule has 6 nitrogen and oxygen atoms in total. The Labute approximate surface area is 76.3 Å². The number of carboxylic acids is 1. The van der Waals surface area contributed by atoms with E-state index < -0.39 is 16.1 Å². The number of ether oxygens (including phenoxy) is 1. The Morgan fingerprint density at radius 1 is 1.31 bits per heavy atom. The highest BCUT2D eigenvalue weighted by Crippen LogP contribution is 1.90. The summed E-state index contributed by atoms with van der Waals surface area (Å²) in [7, 11) is -3.92. The van der Waals surface area contributed by atoms with Gasteiger partial charge in [-0.05, 0) is 6.42 Å². The smallest absolute Gasteiger partial charge is 0.305 e. The first-order valence-corrected chi connectivity index (χ1v) is 5.27. The standard InChI is InChI=1S/C6H12O6S/c7-6(8)2-4-12-3-1-5-13(9,10)11/h1-5H2,(H,7,8)(H,9,10,11). The molecule has 0 radical (unpaired) electrons. The van der Waals surface area contributed by atoms with Crippen LogP contribution in [0.2, 0.25) is 0 Å². The van der Waals surface area contributed by atoms with Crippen LogP contribution in [0.4, 0.5) is 0 Å². The molecule has 0 rings (SSSR count). The summed E-state index contributed by atoms with van der Waals surface area (Å²) in [6.07, 6.45) is 0.0598. The van der Waals surface area contributed by atoms with Crippen molar-refractivity contribution >= 4 is 16.1 Å². The maximum absolute atomic E-state index is 10.2. The molecule has 0 fully saturated rings. The summed E-state index contributed by atoms with van der Waals surface area (Å²) in [5.41, 5.74) is 0. The lowest BCUT2D eigenvalue weighted by atomic mass is 10.4. The zero-order valence-corrected chi connectivity index (χ0v) is 7.79. The molecule has 13 heavy (non-hydrogen) atoms. The van der Waals surface area contributed by atoms with E-state index in [1.54, 1.807) is 0 Å². The van der Waals surface area contributed by atoms with E-state index in [1.807, 2.05) is 0 Å². The van der Waals surface area contributed by atoms with Crippen molar-refractivity contribution in [2.75, 3.05) is 19.0 Å². The van der Waals surface area contributed by atoms with Gasteiger partial charge >= 0.3 is 5.97 Å². The third kappa shape index (κ3) is 11.3. The van der Waals surface area contributed by atoms with Crippen molar-refractivity contribution in [2.45, 2.75) is 12.8 Å². The van der Waals surface area contributed by atoms with E-state index in [2.05, 4.69) is 0 Å². The van der Waals surface area contributed by atoms with Crippen molar-refractivity contribution in [1.29, 1.82) is 0 Å². The van der Waals surface area contributed by atoms with Gasteiger partial charge in [0.2, 0.25) is 0 Å². The molecule has 0 aliphatic carbocycles. The third-order valence-electron chi connectivity index (χ3n) is 1.15. The molecule has 0 saturated heterocycles. The minimum Gasteiger partial charge on any atom is -0.481 e. The summed E-state index contributed by atoms with van der Waals surface area (Å²) in [6, 6.07) is 0. The molecule has 0 aromatic rings. The average Bonchev–Trinajstić information content (AvgIpc) is 1.93. The molecule has 2 N–H and O–H groups in total. The van der Waals surface area contributed by atoms with E-state index >= 15 is 0 Å². The molecule has 0 saturated carbocycles. The van der Waals surface area contributed by atoms with Crippen LogP contribution in [0.5, 0.6) is 0 Å². The number of hydrogen-bond donors (Lipinski definition) is 2. The van der Waals surface area contributed by atoms with Crippen molar-refractivity contribution < 1.29 is 27.6 Å². The van der Waals surface area contributed by atoms with Crippen LogP contribution in [-0.2, 0) is 19.6 Å². The number of aliphatic carboxylic acids is 1. The summed E-state index contributed by atoms with van der Waals surface area (Å²) in [5.74, 6) is -1.32. The third-order valence-corrected chi connectivity index (χ3v) is 1.96. The molecule has 0 amide bonds. The fraction of sp³-hybridized carbons (Fsp3) is 0.833. The highest BCUT2D eigenvalue weighted by atomic mass is 32.2. The van der Waals surface area contributed by atoms with E-state index in [-0.39, 0.29) is 31.8 Å². The molecule has 0 unspecified atom stereocenters. The largest absolute Gasteiger partial charge is 0.481 e. The lowest BCUT2D eigenvalue weighted by molar-refractivity contribution is -0.138. The maximum atomic E-state index is 10.2. The van der Waals surface area contributed by atoms with Crippen molar-refractivity contribution in [1.82, 2.24) is 0 Å². The van der Waals surface area contributed by atoms with Gasteiger partial charge in [0, 0.05) is 6.61 Å². The van der Waals surface area contributed by atoms with Crippen LogP contribution in [-0.4, -0.2) is 43.0 Å². The molecule has 0 bridgehead atoms. The SMILES string of the molecule is O=C(O)CCOCCCS(=O)(=O)O. The van der Waals surface area contributed by atoms with Gasteiger partial charge in [0.25, 0.3) is 10.1 Å². The molecular formula is C6H12O6S. The lowest BCUT2D eigenvalue weighted by Gasteiger charge is -2.00. The molecule has 0 aliphatic heterocycles. The van der Waals surface area contributed by atoms with E-state index in [0.717, 1.165) is 0 Å². The van der Waals surface area contributed by atoms with Crippen molar-refractivity contribution in [3.8, 4) is 0 Å². The highest BCUT2D eigenvalue weighted by Gasteiger charge is 2.03. The molecular weight excluding hydrogens is 200 g/mol. The van der Waals surface area contributed by atoms with Gasteiger partial charge in [-0.3, -0.25) is 9.35 Å². The highest BCUT2D eigenvalue weighted by molar-refractivity contribution is 7.85. The van der Waals surface area contributed by atoms with Crippen LogP contribution in [0.25, 0.3) is 0 Å². The Kier molecular flexibility index (Phi) is 5.60. The van der Waals surface area contributed by atoms with E-state index in [4.69, 9.17) is 14.4 Å². The normalized spacial score (nSPS) is 11.5. The number of hydrogen-bond acceptors (Lipinski definition) is 4. The summed E-state index contributed by atoms with van der Waals surface area (Å²) in [5, 5.41) is 8.18. The second-order valence-corrected chi connectivity index (χ2v) is 3.97. The summed E-state index contributed by atoms with van der Waals surface area (Å²) >= 11 is 0. The second kappa shape index (κ2) is 5.90. The summed E-state index contributed by atoms with van der Waals surface area (Å²) < 4.78 is 33.4. The van der Waals surface area contributed by atoms with E-state index in [0.29, 0.717) is 0 Å². The Morgan fingerprint density at radius 2 is 1.92 bits per heavy atom. The zero-order valence-electron chi connectivity index (χ0n) is 6.97. The Morgan fingerprint density at radius 3 is 2.38 bits per heavy atom. The van der Waals surface area contributed by atoms with Gasteiger partial charge in [-0.25, -0.2) is 0 Å². The number of rotatable bonds is 7. The lowest BCUT2D eigenvalue weighted by Crippen LogP contribution is -2.09. The summed E-state index contributed by atoms with van der Waals surface area (Å²) in [6.45, 7) is 0.188. The molecule has 0 heterocycles. The molecule has 7 heteroatoms. The fourth-order valence-electron chi connectivity index (χ4n) is 0.605. The minimum atomic E-state index is -3.92. The van der Waals surface area contributed by atoms with Gasteiger partial charge in [-0.1, -0.05) is 0 Å². The van der Waals surface area contributed by atoms with Gasteiger partial charge in [-0.15, -0.1) is 0 Å². The second-order valence-electron chi connectivity index (χ2n) is 2.40. The van der Waals surface area contributed by atoms with Crippen molar-refractivity contribution in [3.05, 3.63) is 0 Å². The minimum absolute atomic E-state index is 0.0564. The van der Waals surface area contributed by atoms with Crippen LogP contribution in [0, 0.1) is 0 Å². The molecule has 78 valence electrons. The van der Waals surface area contributed by atoms with Crippen LogP contribution in [0.3, 0.4) is 0 Å². The first-order chi connectivity index (χ1) is 5.92. The van der Waals surface area contributed by atoms with Gasteiger partial charge in [0.15, 0.2) is 0 Å². The van der Waals surface area contributed by atoms with Crippen LogP contribution in [0.15, 0.2) is 0 Å². The molecule has 0 atom stereocenters. The molecule has 0 aliphatic rings. The monoisotopic (exact) mass is 212 g/mol. The van der Waals surface area contributed by atoms with Crippen LogP contribution in [0.1, 0.15) is 12.8 Å². The predicted octanol–water partition coefficient (Wildman–Crippen LogP) is -0.244. The Balaban J connectivity index is 3.23. The van der Waals surface area contributed by atoms with Crippen LogP contribution < -0.4 is 0 Å². The van der Waals surface area contributed by atoms with E-state index in [9.17, 15) is 13.2 Å². The Bertz CT molecular complexity index is 244. The first-order valence-electron chi connectivity index (χ1n) is 3.66. The zero-order chi connectivity index (χ0) is 10.3. The van der Waals surface area contributed by atoms with Gasteiger partial charge in [-0.2, -0.15) is 8.42 Å². The maximum Gasteiger partial charge on any atom is 0.305 e. The van der Waals surface area contributed by atoms with Crippen molar-refractivity contribution in [2.24, 2.45) is 0 Å². The van der Waals surface area contributed by atoms with Gasteiger partial charge in [0.1, 0.15) is 0 Å². The first kappa shape index (κ1) is 12.3. The average molecular weight is 212 g/mol. The fourth-order valence-corrected chi connectivity index (χ4v) is 1.09. The van der Waals surface area contributed by atoms with E-state index in [1.165, 1.54) is 0 Å². The van der Waals surface area contributed by atoms with Gasteiger partial charge in [0.05, 0.1) is 18.8 Å².